The number of anilines is 1. The van der Waals surface area contributed by atoms with Gasteiger partial charge in [-0.3, -0.25) is 4.79 Å². The number of hydrogen-bond acceptors (Lipinski definition) is 3. The van der Waals surface area contributed by atoms with E-state index in [0.717, 1.165) is 16.5 Å². The van der Waals surface area contributed by atoms with E-state index in [1.807, 2.05) is 42.5 Å². The normalized spacial score (nSPS) is 11.8. The van der Waals surface area contributed by atoms with Gasteiger partial charge in [0.25, 0.3) is 0 Å². The van der Waals surface area contributed by atoms with Gasteiger partial charge in [-0.15, -0.1) is 12.6 Å². The molecule has 0 aliphatic carbocycles. The van der Waals surface area contributed by atoms with E-state index < -0.39 is 0 Å². The van der Waals surface area contributed by atoms with Crippen molar-refractivity contribution in [2.75, 3.05) is 5.32 Å². The van der Waals surface area contributed by atoms with Crippen molar-refractivity contribution in [1.82, 2.24) is 4.98 Å². The lowest BCUT2D eigenvalue weighted by atomic mass is 9.87. The minimum Gasteiger partial charge on any atom is -0.320 e. The van der Waals surface area contributed by atoms with Crippen molar-refractivity contribution < 1.29 is 4.79 Å². The Kier molecular flexibility index (Phi) is 5.14. The van der Waals surface area contributed by atoms with Crippen molar-refractivity contribution in [3.05, 3.63) is 71.8 Å². The molecular formula is C22H22N2OS. The van der Waals surface area contributed by atoms with Crippen LogP contribution in [0.5, 0.6) is 0 Å². The first kappa shape index (κ1) is 18.2. The van der Waals surface area contributed by atoms with Crippen LogP contribution in [0.2, 0.25) is 0 Å². The van der Waals surface area contributed by atoms with Crippen LogP contribution >= 0.6 is 12.6 Å². The molecule has 0 atom stereocenters. The zero-order chi connectivity index (χ0) is 18.7. The van der Waals surface area contributed by atoms with Gasteiger partial charge in [0.2, 0.25) is 5.91 Å². The summed E-state index contributed by atoms with van der Waals surface area (Å²) in [5.74, 6) is -0.211. The summed E-state index contributed by atoms with van der Waals surface area (Å²) in [7, 11) is 0. The highest BCUT2D eigenvalue weighted by molar-refractivity contribution is 7.80. The molecule has 4 heteroatoms. The number of para-hydroxylation sites is 1. The van der Waals surface area contributed by atoms with Crippen molar-refractivity contribution in [2.24, 2.45) is 0 Å². The molecule has 0 bridgehead atoms. The molecule has 3 rings (SSSR count). The first-order valence-corrected chi connectivity index (χ1v) is 8.96. The Labute approximate surface area is 159 Å². The Morgan fingerprint density at radius 1 is 1.08 bits per heavy atom. The zero-order valence-corrected chi connectivity index (χ0v) is 16.0. The van der Waals surface area contributed by atoms with Crippen molar-refractivity contribution in [3.8, 4) is 0 Å². The SMILES string of the molecule is CC(C)(C)c1ccc(/C=C/C(=O)Nc2cc3ccccc3nc2S)cc1. The van der Waals surface area contributed by atoms with Gasteiger partial charge >= 0.3 is 0 Å². The fourth-order valence-corrected chi connectivity index (χ4v) is 2.87. The lowest BCUT2D eigenvalue weighted by molar-refractivity contribution is -0.111. The van der Waals surface area contributed by atoms with Gasteiger partial charge in [-0.1, -0.05) is 63.2 Å². The monoisotopic (exact) mass is 362 g/mol. The average molecular weight is 362 g/mol. The minimum atomic E-state index is -0.211. The molecule has 2 aromatic carbocycles. The number of benzene rings is 2. The van der Waals surface area contributed by atoms with E-state index in [4.69, 9.17) is 0 Å². The minimum absolute atomic E-state index is 0.117. The van der Waals surface area contributed by atoms with Crippen LogP contribution in [-0.4, -0.2) is 10.9 Å². The third kappa shape index (κ3) is 4.33. The lowest BCUT2D eigenvalue weighted by Crippen LogP contribution is -2.10. The van der Waals surface area contributed by atoms with E-state index in [1.165, 1.54) is 11.6 Å². The second kappa shape index (κ2) is 7.34. The summed E-state index contributed by atoms with van der Waals surface area (Å²) in [5.41, 5.74) is 3.82. The van der Waals surface area contributed by atoms with Gasteiger partial charge in [-0.05, 0) is 34.8 Å². The van der Waals surface area contributed by atoms with Crippen LogP contribution in [0.1, 0.15) is 31.9 Å². The fraction of sp³-hybridized carbons (Fsp3) is 0.182. The molecule has 1 amide bonds. The summed E-state index contributed by atoms with van der Waals surface area (Å²) >= 11 is 4.37. The summed E-state index contributed by atoms with van der Waals surface area (Å²) in [6.07, 6.45) is 3.32. The second-order valence-corrected chi connectivity index (χ2v) is 7.67. The van der Waals surface area contributed by atoms with Gasteiger partial charge < -0.3 is 5.32 Å². The maximum absolute atomic E-state index is 12.2. The molecule has 3 aromatic rings. The van der Waals surface area contributed by atoms with E-state index in [9.17, 15) is 4.79 Å². The highest BCUT2D eigenvalue weighted by Gasteiger charge is 2.12. The number of carbonyl (C=O) groups excluding carboxylic acids is 1. The number of nitrogens with one attached hydrogen (secondary N) is 1. The second-order valence-electron chi connectivity index (χ2n) is 7.25. The number of aromatic nitrogens is 1. The maximum atomic E-state index is 12.2. The number of nitrogens with zero attached hydrogens (tertiary/aromatic N) is 1. The highest BCUT2D eigenvalue weighted by Crippen LogP contribution is 2.24. The van der Waals surface area contributed by atoms with Crippen molar-refractivity contribution >= 4 is 41.2 Å². The molecule has 0 radical (unpaired) electrons. The van der Waals surface area contributed by atoms with Crippen LogP contribution in [0, 0.1) is 0 Å². The van der Waals surface area contributed by atoms with Gasteiger partial charge in [0.15, 0.2) is 0 Å². The molecule has 132 valence electrons. The van der Waals surface area contributed by atoms with Gasteiger partial charge in [0.1, 0.15) is 5.03 Å². The first-order chi connectivity index (χ1) is 12.3. The molecule has 26 heavy (non-hydrogen) atoms. The number of carbonyl (C=O) groups is 1. The summed E-state index contributed by atoms with van der Waals surface area (Å²) in [6.45, 7) is 6.54. The predicted molar refractivity (Wildman–Crippen MR) is 112 cm³/mol. The number of hydrogen-bond donors (Lipinski definition) is 2. The predicted octanol–water partition coefficient (Wildman–Crippen LogP) is 5.47. The van der Waals surface area contributed by atoms with Crippen molar-refractivity contribution in [1.29, 1.82) is 0 Å². The van der Waals surface area contributed by atoms with Crippen LogP contribution in [-0.2, 0) is 10.2 Å². The van der Waals surface area contributed by atoms with Crippen LogP contribution in [0.25, 0.3) is 17.0 Å². The number of rotatable bonds is 3. The smallest absolute Gasteiger partial charge is 0.248 e. The molecule has 0 spiro atoms. The molecule has 0 unspecified atom stereocenters. The standard InChI is InChI=1S/C22H22N2OS/c1-22(2,3)17-11-8-15(9-12-17)10-13-20(25)23-19-14-16-6-4-5-7-18(16)24-21(19)26/h4-14H,1-3H3,(H,23,25)(H,24,26)/b13-10+. The number of pyridine rings is 1. The van der Waals surface area contributed by atoms with Gasteiger partial charge in [-0.25, -0.2) is 4.98 Å². The molecule has 0 saturated carbocycles. The largest absolute Gasteiger partial charge is 0.320 e. The number of thiol groups is 1. The number of fused-ring (bicyclic) bond motifs is 1. The van der Waals surface area contributed by atoms with E-state index in [-0.39, 0.29) is 11.3 Å². The third-order valence-electron chi connectivity index (χ3n) is 4.17. The molecule has 1 heterocycles. The van der Waals surface area contributed by atoms with Crippen LogP contribution in [0.3, 0.4) is 0 Å². The molecular weight excluding hydrogens is 340 g/mol. The summed E-state index contributed by atoms with van der Waals surface area (Å²) in [4.78, 5) is 16.6. The van der Waals surface area contributed by atoms with Crippen LogP contribution in [0.4, 0.5) is 5.69 Å². The first-order valence-electron chi connectivity index (χ1n) is 8.51. The van der Waals surface area contributed by atoms with Crippen LogP contribution in [0.15, 0.2) is 65.7 Å². The van der Waals surface area contributed by atoms with E-state index in [2.05, 4.69) is 55.8 Å². The van der Waals surface area contributed by atoms with Crippen LogP contribution < -0.4 is 5.32 Å². The van der Waals surface area contributed by atoms with E-state index in [1.54, 1.807) is 6.08 Å². The topological polar surface area (TPSA) is 42.0 Å². The van der Waals surface area contributed by atoms with Crippen molar-refractivity contribution in [2.45, 2.75) is 31.2 Å². The molecule has 3 nitrogen and oxygen atoms in total. The Morgan fingerprint density at radius 3 is 2.46 bits per heavy atom. The Bertz CT molecular complexity index is 970. The fourth-order valence-electron chi connectivity index (χ4n) is 2.64. The van der Waals surface area contributed by atoms with Gasteiger partial charge in [-0.2, -0.15) is 0 Å². The van der Waals surface area contributed by atoms with Gasteiger partial charge in [0.05, 0.1) is 11.2 Å². The maximum Gasteiger partial charge on any atom is 0.248 e. The highest BCUT2D eigenvalue weighted by atomic mass is 32.1. The quantitative estimate of drug-likeness (QED) is 0.479. The Balaban J connectivity index is 1.72. The summed E-state index contributed by atoms with van der Waals surface area (Å²) < 4.78 is 0. The Hall–Kier alpha value is -2.59. The molecule has 0 aliphatic rings. The molecule has 1 aromatic heterocycles. The summed E-state index contributed by atoms with van der Waals surface area (Å²) in [5, 5.41) is 4.30. The van der Waals surface area contributed by atoms with E-state index in [0.29, 0.717) is 10.7 Å². The van der Waals surface area contributed by atoms with Gasteiger partial charge in [0, 0.05) is 11.5 Å². The third-order valence-corrected chi connectivity index (χ3v) is 4.51. The summed E-state index contributed by atoms with van der Waals surface area (Å²) in [6, 6.07) is 17.9. The van der Waals surface area contributed by atoms with E-state index >= 15 is 0 Å². The number of amides is 1. The zero-order valence-electron chi connectivity index (χ0n) is 15.2. The molecule has 0 aliphatic heterocycles. The average Bonchev–Trinajstić information content (AvgIpc) is 2.60. The Morgan fingerprint density at radius 2 is 1.77 bits per heavy atom. The molecule has 1 N–H and O–H groups in total. The molecule has 0 fully saturated rings. The molecule has 0 saturated heterocycles. The lowest BCUT2D eigenvalue weighted by Gasteiger charge is -2.18. The van der Waals surface area contributed by atoms with Crippen molar-refractivity contribution in [3.63, 3.8) is 0 Å².